The van der Waals surface area contributed by atoms with E-state index in [0.717, 1.165) is 27.5 Å². The fourth-order valence-corrected chi connectivity index (χ4v) is 4.28. The predicted octanol–water partition coefficient (Wildman–Crippen LogP) is 5.20. The summed E-state index contributed by atoms with van der Waals surface area (Å²) in [6, 6.07) is 24.6. The van der Waals surface area contributed by atoms with Crippen LogP contribution in [0.4, 0.5) is 5.69 Å². The highest BCUT2D eigenvalue weighted by Gasteiger charge is 2.19. The van der Waals surface area contributed by atoms with Gasteiger partial charge in [-0.2, -0.15) is 0 Å². The van der Waals surface area contributed by atoms with Gasteiger partial charge in [0, 0.05) is 24.4 Å². The fraction of sp³-hybridized carbons (Fsp3) is 0.207. The van der Waals surface area contributed by atoms with E-state index < -0.39 is 11.9 Å². The van der Waals surface area contributed by atoms with Crippen LogP contribution in [0.5, 0.6) is 0 Å². The maximum absolute atomic E-state index is 13.4. The number of benzene rings is 3. The van der Waals surface area contributed by atoms with Gasteiger partial charge in [0.1, 0.15) is 0 Å². The van der Waals surface area contributed by atoms with Crippen LogP contribution in [-0.4, -0.2) is 21.6 Å². The Hall–Kier alpha value is -4.19. The molecule has 0 aliphatic carbocycles. The minimum Gasteiger partial charge on any atom is -0.481 e. The second-order valence-electron chi connectivity index (χ2n) is 8.68. The number of pyridine rings is 1. The van der Waals surface area contributed by atoms with Gasteiger partial charge in [0.05, 0.1) is 12.5 Å². The van der Waals surface area contributed by atoms with Crippen molar-refractivity contribution in [3.63, 3.8) is 0 Å². The van der Waals surface area contributed by atoms with Crippen molar-refractivity contribution in [3.05, 3.63) is 112 Å². The Morgan fingerprint density at radius 3 is 2.54 bits per heavy atom. The number of carboxylic acids is 1. The second-order valence-corrected chi connectivity index (χ2v) is 8.68. The van der Waals surface area contributed by atoms with Crippen molar-refractivity contribution in [3.8, 4) is 0 Å². The number of aromatic nitrogens is 1. The van der Waals surface area contributed by atoms with Crippen molar-refractivity contribution in [2.45, 2.75) is 38.6 Å². The van der Waals surface area contributed by atoms with E-state index in [0.29, 0.717) is 25.1 Å². The molecular weight excluding hydrogens is 440 g/mol. The number of aryl methyl sites for hydroxylation is 1. The molecule has 1 heterocycles. The first-order valence-electron chi connectivity index (χ1n) is 11.7. The van der Waals surface area contributed by atoms with Gasteiger partial charge in [-0.3, -0.25) is 14.4 Å². The molecule has 4 rings (SSSR count). The number of carboxylic acid groups (broad SMARTS) is 1. The molecule has 1 aromatic heterocycles. The first-order chi connectivity index (χ1) is 16.9. The largest absolute Gasteiger partial charge is 0.481 e. The number of aliphatic carboxylic acids is 1. The third-order valence-electron chi connectivity index (χ3n) is 6.20. The summed E-state index contributed by atoms with van der Waals surface area (Å²) < 4.78 is 1.60. The standard InChI is InChI=1S/C29H28N2O4/c1-20(24-12-6-9-22-8-2-3-11-25(22)24)29(35)30-26-18-21(19-31-17-5-4-13-27(31)32)15-16-23(26)10-7-14-28(33)34/h2-6,8-9,11-13,15-18,20H,7,10,14,19H2,1H3,(H,30,35)(H,33,34). The summed E-state index contributed by atoms with van der Waals surface area (Å²) >= 11 is 0. The first kappa shape index (κ1) is 24.0. The molecule has 1 amide bonds. The van der Waals surface area contributed by atoms with Crippen LogP contribution >= 0.6 is 0 Å². The minimum absolute atomic E-state index is 0.0565. The number of nitrogens with one attached hydrogen (secondary N) is 1. The Morgan fingerprint density at radius 1 is 0.971 bits per heavy atom. The zero-order chi connectivity index (χ0) is 24.8. The molecule has 0 aliphatic heterocycles. The SMILES string of the molecule is CC(C(=O)Nc1cc(Cn2ccccc2=O)ccc1CCCC(=O)O)c1cccc2ccccc12. The minimum atomic E-state index is -0.847. The van der Waals surface area contributed by atoms with Gasteiger partial charge in [0.25, 0.3) is 5.56 Å². The van der Waals surface area contributed by atoms with E-state index in [2.05, 4.69) is 5.32 Å². The Bertz CT molecular complexity index is 1420. The normalized spacial score (nSPS) is 11.8. The van der Waals surface area contributed by atoms with Crippen LogP contribution in [0.25, 0.3) is 10.8 Å². The van der Waals surface area contributed by atoms with Crippen LogP contribution in [-0.2, 0) is 22.6 Å². The van der Waals surface area contributed by atoms with Gasteiger partial charge in [0.15, 0.2) is 0 Å². The van der Waals surface area contributed by atoms with E-state index in [1.165, 1.54) is 6.07 Å². The van der Waals surface area contributed by atoms with E-state index in [4.69, 9.17) is 5.11 Å². The number of carbonyl (C=O) groups excluding carboxylic acids is 1. The lowest BCUT2D eigenvalue weighted by Gasteiger charge is -2.18. The maximum atomic E-state index is 13.4. The molecule has 0 saturated carbocycles. The van der Waals surface area contributed by atoms with Crippen molar-refractivity contribution in [1.82, 2.24) is 4.57 Å². The third-order valence-corrected chi connectivity index (χ3v) is 6.20. The lowest BCUT2D eigenvalue weighted by Crippen LogP contribution is -2.21. The number of nitrogens with zero attached hydrogens (tertiary/aromatic N) is 1. The number of anilines is 1. The van der Waals surface area contributed by atoms with Crippen molar-refractivity contribution in [2.75, 3.05) is 5.32 Å². The lowest BCUT2D eigenvalue weighted by molar-refractivity contribution is -0.137. The van der Waals surface area contributed by atoms with Crippen LogP contribution in [0.3, 0.4) is 0 Å². The van der Waals surface area contributed by atoms with E-state index in [9.17, 15) is 14.4 Å². The van der Waals surface area contributed by atoms with Gasteiger partial charge in [-0.05, 0) is 59.4 Å². The van der Waals surface area contributed by atoms with Gasteiger partial charge in [-0.15, -0.1) is 0 Å². The predicted molar refractivity (Wildman–Crippen MR) is 138 cm³/mol. The average molecular weight is 469 g/mol. The topological polar surface area (TPSA) is 88.4 Å². The number of rotatable bonds is 9. The van der Waals surface area contributed by atoms with E-state index in [1.807, 2.05) is 67.6 Å². The maximum Gasteiger partial charge on any atom is 0.303 e. The summed E-state index contributed by atoms with van der Waals surface area (Å²) in [5.41, 5.74) is 3.23. The fourth-order valence-electron chi connectivity index (χ4n) is 4.28. The van der Waals surface area contributed by atoms with Gasteiger partial charge in [-0.25, -0.2) is 0 Å². The van der Waals surface area contributed by atoms with Crippen LogP contribution in [0.2, 0.25) is 0 Å². The summed E-state index contributed by atoms with van der Waals surface area (Å²) in [6.45, 7) is 2.26. The molecule has 0 radical (unpaired) electrons. The summed E-state index contributed by atoms with van der Waals surface area (Å²) in [6.07, 6.45) is 2.77. The molecule has 6 nitrogen and oxygen atoms in total. The number of hydrogen-bond acceptors (Lipinski definition) is 3. The molecule has 35 heavy (non-hydrogen) atoms. The molecule has 2 N–H and O–H groups in total. The molecule has 178 valence electrons. The summed E-state index contributed by atoms with van der Waals surface area (Å²) in [4.78, 5) is 36.5. The average Bonchev–Trinajstić information content (AvgIpc) is 2.85. The summed E-state index contributed by atoms with van der Waals surface area (Å²) in [7, 11) is 0. The highest BCUT2D eigenvalue weighted by Crippen LogP contribution is 2.28. The lowest BCUT2D eigenvalue weighted by atomic mass is 9.94. The molecule has 0 fully saturated rings. The highest BCUT2D eigenvalue weighted by molar-refractivity contribution is 5.99. The van der Waals surface area contributed by atoms with E-state index in [1.54, 1.807) is 22.9 Å². The Balaban J connectivity index is 1.61. The Kier molecular flexibility index (Phi) is 7.41. The molecule has 0 aliphatic rings. The molecule has 3 aromatic carbocycles. The monoisotopic (exact) mass is 468 g/mol. The zero-order valence-corrected chi connectivity index (χ0v) is 19.6. The van der Waals surface area contributed by atoms with Crippen LogP contribution in [0.15, 0.2) is 89.9 Å². The van der Waals surface area contributed by atoms with Crippen molar-refractivity contribution < 1.29 is 14.7 Å². The van der Waals surface area contributed by atoms with Crippen molar-refractivity contribution >= 4 is 28.3 Å². The summed E-state index contributed by atoms with van der Waals surface area (Å²) in [5, 5.41) is 14.2. The third kappa shape index (κ3) is 5.84. The van der Waals surface area contributed by atoms with Gasteiger partial charge >= 0.3 is 5.97 Å². The molecule has 0 bridgehead atoms. The number of fused-ring (bicyclic) bond motifs is 1. The molecule has 0 saturated heterocycles. The Labute approximate surface area is 203 Å². The number of amides is 1. The Morgan fingerprint density at radius 2 is 1.74 bits per heavy atom. The second kappa shape index (κ2) is 10.8. The number of carbonyl (C=O) groups is 2. The molecule has 1 atom stereocenters. The number of hydrogen-bond donors (Lipinski definition) is 2. The van der Waals surface area contributed by atoms with Crippen molar-refractivity contribution in [1.29, 1.82) is 0 Å². The summed E-state index contributed by atoms with van der Waals surface area (Å²) in [5.74, 6) is -1.39. The zero-order valence-electron chi connectivity index (χ0n) is 19.6. The van der Waals surface area contributed by atoms with Crippen LogP contribution in [0.1, 0.15) is 42.4 Å². The molecule has 4 aromatic rings. The first-order valence-corrected chi connectivity index (χ1v) is 11.7. The molecular formula is C29H28N2O4. The molecule has 6 heteroatoms. The van der Waals surface area contributed by atoms with Crippen molar-refractivity contribution in [2.24, 2.45) is 0 Å². The van der Waals surface area contributed by atoms with Crippen LogP contribution < -0.4 is 10.9 Å². The highest BCUT2D eigenvalue weighted by atomic mass is 16.4. The smallest absolute Gasteiger partial charge is 0.303 e. The quantitative estimate of drug-likeness (QED) is 0.353. The van der Waals surface area contributed by atoms with Gasteiger partial charge in [-0.1, -0.05) is 60.7 Å². The van der Waals surface area contributed by atoms with Crippen LogP contribution in [0, 0.1) is 0 Å². The molecule has 1 unspecified atom stereocenters. The van der Waals surface area contributed by atoms with E-state index in [-0.39, 0.29) is 17.9 Å². The van der Waals surface area contributed by atoms with E-state index >= 15 is 0 Å². The van der Waals surface area contributed by atoms with Gasteiger partial charge in [0.2, 0.25) is 5.91 Å². The molecule has 0 spiro atoms. The van der Waals surface area contributed by atoms with Gasteiger partial charge < -0.3 is 15.0 Å².